The third-order valence-electron chi connectivity index (χ3n) is 6.02. The van der Waals surface area contributed by atoms with Crippen LogP contribution >= 0.6 is 35.3 Å². The minimum absolute atomic E-state index is 0. The van der Waals surface area contributed by atoms with Crippen LogP contribution in [0.25, 0.3) is 0 Å². The highest BCUT2D eigenvalue weighted by Crippen LogP contribution is 2.25. The van der Waals surface area contributed by atoms with Crippen LogP contribution < -0.4 is 10.6 Å². The zero-order valence-corrected chi connectivity index (χ0v) is 21.2. The normalized spacial score (nSPS) is 17.6. The molecule has 2 aromatic rings. The first-order valence-corrected chi connectivity index (χ1v) is 11.7. The lowest BCUT2D eigenvalue weighted by Crippen LogP contribution is -2.47. The van der Waals surface area contributed by atoms with Gasteiger partial charge in [0.1, 0.15) is 0 Å². The summed E-state index contributed by atoms with van der Waals surface area (Å²) in [6.07, 6.45) is 3.47. The summed E-state index contributed by atoms with van der Waals surface area (Å²) in [5, 5.41) is 8.77. The van der Waals surface area contributed by atoms with Crippen LogP contribution in [-0.2, 0) is 17.8 Å². The van der Waals surface area contributed by atoms with Gasteiger partial charge < -0.3 is 15.5 Å². The van der Waals surface area contributed by atoms with Crippen molar-refractivity contribution in [1.82, 2.24) is 20.4 Å². The number of nitrogens with zero attached hydrogens (tertiary/aromatic N) is 3. The molecular weight excluding hydrogens is 521 g/mol. The van der Waals surface area contributed by atoms with Gasteiger partial charge in [0.2, 0.25) is 5.91 Å². The number of fused-ring (bicyclic) bond motifs is 1. The number of hydrogen-bond acceptors (Lipinski definition) is 4. The quantitative estimate of drug-likeness (QED) is 0.328. The SMILES string of the molecule is CN=C(NCC(=O)N1CCc2sccc2C1)NCC(c1ccccc1)N1CCCC1.I. The van der Waals surface area contributed by atoms with Crippen molar-refractivity contribution in [3.63, 3.8) is 0 Å². The van der Waals surface area contributed by atoms with E-state index in [0.29, 0.717) is 12.0 Å². The average Bonchev–Trinajstić information content (AvgIpc) is 3.48. The maximum atomic E-state index is 12.7. The van der Waals surface area contributed by atoms with Crippen molar-refractivity contribution < 1.29 is 4.79 Å². The number of nitrogens with one attached hydrogen (secondary N) is 2. The summed E-state index contributed by atoms with van der Waals surface area (Å²) in [5.74, 6) is 0.797. The average molecular weight is 554 g/mol. The number of thiophene rings is 1. The molecule has 8 heteroatoms. The Morgan fingerprint density at radius 1 is 1.13 bits per heavy atom. The number of carbonyl (C=O) groups is 1. The Bertz CT molecular complexity index is 866. The van der Waals surface area contributed by atoms with E-state index in [1.54, 1.807) is 18.4 Å². The maximum absolute atomic E-state index is 12.7. The van der Waals surface area contributed by atoms with Crippen molar-refractivity contribution in [2.75, 3.05) is 39.8 Å². The molecule has 0 saturated carbocycles. The standard InChI is InChI=1S/C23H31N5OS.HI/c1-24-23(26-16-22(29)28-13-9-21-19(17-28)10-14-30-21)25-15-20(27-11-5-6-12-27)18-7-3-2-4-8-18;/h2-4,7-8,10,14,20H,5-6,9,11-13,15-17H2,1H3,(H2,24,25,26);1H. The van der Waals surface area contributed by atoms with Crippen LogP contribution in [-0.4, -0.2) is 61.4 Å². The lowest BCUT2D eigenvalue weighted by molar-refractivity contribution is -0.130. The molecule has 4 rings (SSSR count). The van der Waals surface area contributed by atoms with Crippen molar-refractivity contribution >= 4 is 47.2 Å². The molecule has 1 fully saturated rings. The lowest BCUT2D eigenvalue weighted by atomic mass is 10.1. The van der Waals surface area contributed by atoms with Gasteiger partial charge in [-0.1, -0.05) is 30.3 Å². The summed E-state index contributed by atoms with van der Waals surface area (Å²) in [6.45, 7) is 4.80. The summed E-state index contributed by atoms with van der Waals surface area (Å²) in [5.41, 5.74) is 2.61. The second kappa shape index (κ2) is 11.8. The molecule has 1 aromatic heterocycles. The first-order valence-electron chi connectivity index (χ1n) is 10.8. The van der Waals surface area contributed by atoms with Gasteiger partial charge in [-0.25, -0.2) is 0 Å². The van der Waals surface area contributed by atoms with Gasteiger partial charge in [0.05, 0.1) is 12.6 Å². The Morgan fingerprint density at radius 3 is 2.65 bits per heavy atom. The number of halogens is 1. The molecule has 2 aliphatic heterocycles. The fraction of sp³-hybridized carbons (Fsp3) is 0.478. The molecule has 1 aromatic carbocycles. The van der Waals surface area contributed by atoms with Crippen molar-refractivity contribution in [3.8, 4) is 0 Å². The summed E-state index contributed by atoms with van der Waals surface area (Å²) in [4.78, 5) is 22.9. The van der Waals surface area contributed by atoms with Gasteiger partial charge in [-0.15, -0.1) is 35.3 Å². The smallest absolute Gasteiger partial charge is 0.242 e. The Hall–Kier alpha value is -1.65. The molecule has 168 valence electrons. The van der Waals surface area contributed by atoms with Gasteiger partial charge >= 0.3 is 0 Å². The van der Waals surface area contributed by atoms with E-state index in [-0.39, 0.29) is 36.4 Å². The third kappa shape index (κ3) is 6.20. The largest absolute Gasteiger partial charge is 0.354 e. The molecule has 1 atom stereocenters. The van der Waals surface area contributed by atoms with Crippen LogP contribution in [0.2, 0.25) is 0 Å². The lowest BCUT2D eigenvalue weighted by Gasteiger charge is -2.29. The third-order valence-corrected chi connectivity index (χ3v) is 7.04. The van der Waals surface area contributed by atoms with E-state index in [1.165, 1.54) is 28.8 Å². The zero-order chi connectivity index (χ0) is 20.8. The van der Waals surface area contributed by atoms with Crippen LogP contribution in [0.15, 0.2) is 46.8 Å². The monoisotopic (exact) mass is 553 g/mol. The first-order chi connectivity index (χ1) is 14.7. The molecule has 0 aliphatic carbocycles. The van der Waals surface area contributed by atoms with E-state index >= 15 is 0 Å². The molecule has 6 nitrogen and oxygen atoms in total. The minimum Gasteiger partial charge on any atom is -0.354 e. The highest BCUT2D eigenvalue weighted by atomic mass is 127. The van der Waals surface area contributed by atoms with Gasteiger partial charge in [-0.2, -0.15) is 0 Å². The summed E-state index contributed by atoms with van der Waals surface area (Å²) < 4.78 is 0. The van der Waals surface area contributed by atoms with Gasteiger partial charge in [0.25, 0.3) is 0 Å². The molecule has 3 heterocycles. The van der Waals surface area contributed by atoms with Crippen molar-refractivity contribution in [2.24, 2.45) is 4.99 Å². The van der Waals surface area contributed by atoms with E-state index in [9.17, 15) is 4.79 Å². The topological polar surface area (TPSA) is 60.0 Å². The Balaban J connectivity index is 0.00000272. The highest BCUT2D eigenvalue weighted by molar-refractivity contribution is 14.0. The van der Waals surface area contributed by atoms with Crippen LogP contribution in [0, 0.1) is 0 Å². The predicted octanol–water partition coefficient (Wildman–Crippen LogP) is 3.25. The van der Waals surface area contributed by atoms with Gasteiger partial charge in [-0.3, -0.25) is 14.7 Å². The van der Waals surface area contributed by atoms with E-state index in [4.69, 9.17) is 0 Å². The second-order valence-corrected chi connectivity index (χ2v) is 8.91. The number of amides is 1. The van der Waals surface area contributed by atoms with Gasteiger partial charge in [0.15, 0.2) is 5.96 Å². The number of guanidine groups is 1. The van der Waals surface area contributed by atoms with Crippen molar-refractivity contribution in [2.45, 2.75) is 31.8 Å². The molecule has 0 radical (unpaired) electrons. The molecule has 2 N–H and O–H groups in total. The Morgan fingerprint density at radius 2 is 1.90 bits per heavy atom. The highest BCUT2D eigenvalue weighted by Gasteiger charge is 2.24. The molecule has 1 unspecified atom stereocenters. The number of rotatable bonds is 6. The summed E-state index contributed by atoms with van der Waals surface area (Å²) >= 11 is 1.79. The molecule has 1 amide bonds. The van der Waals surface area contributed by atoms with Crippen molar-refractivity contribution in [1.29, 1.82) is 0 Å². The number of benzene rings is 1. The Labute approximate surface area is 206 Å². The van der Waals surface area contributed by atoms with E-state index < -0.39 is 0 Å². The second-order valence-electron chi connectivity index (χ2n) is 7.91. The van der Waals surface area contributed by atoms with E-state index in [0.717, 1.165) is 39.1 Å². The Kier molecular flexibility index (Phi) is 9.15. The summed E-state index contributed by atoms with van der Waals surface area (Å²) in [7, 11) is 1.76. The zero-order valence-electron chi connectivity index (χ0n) is 18.0. The van der Waals surface area contributed by atoms with Crippen LogP contribution in [0.5, 0.6) is 0 Å². The molecular formula is C23H32IN5OS. The van der Waals surface area contributed by atoms with E-state index in [2.05, 4.69) is 62.3 Å². The molecule has 31 heavy (non-hydrogen) atoms. The molecule has 0 bridgehead atoms. The fourth-order valence-corrected chi connectivity index (χ4v) is 5.22. The van der Waals surface area contributed by atoms with Crippen LogP contribution in [0.3, 0.4) is 0 Å². The minimum atomic E-state index is 0. The van der Waals surface area contributed by atoms with Gasteiger partial charge in [-0.05, 0) is 54.9 Å². The molecule has 0 spiro atoms. The number of carbonyl (C=O) groups excluding carboxylic acids is 1. The number of likely N-dealkylation sites (tertiary alicyclic amines) is 1. The maximum Gasteiger partial charge on any atom is 0.242 e. The molecule has 1 saturated heterocycles. The summed E-state index contributed by atoms with van der Waals surface area (Å²) in [6, 6.07) is 13.1. The van der Waals surface area contributed by atoms with E-state index in [1.807, 2.05) is 4.90 Å². The van der Waals surface area contributed by atoms with Crippen molar-refractivity contribution in [3.05, 3.63) is 57.8 Å². The number of hydrogen-bond donors (Lipinski definition) is 2. The first kappa shape index (κ1) is 24.0. The number of aliphatic imine (C=N–C) groups is 1. The van der Waals surface area contributed by atoms with Crippen LogP contribution in [0.4, 0.5) is 0 Å². The molecule has 2 aliphatic rings. The predicted molar refractivity (Wildman–Crippen MR) is 138 cm³/mol. The fourth-order valence-electron chi connectivity index (χ4n) is 4.33. The van der Waals surface area contributed by atoms with Gasteiger partial charge in [0, 0.05) is 31.6 Å². The van der Waals surface area contributed by atoms with Crippen LogP contribution in [0.1, 0.15) is 34.9 Å².